The summed E-state index contributed by atoms with van der Waals surface area (Å²) >= 11 is 0. The number of phenolic OH excluding ortho intramolecular Hbond substituents is 2. The fourth-order valence-corrected chi connectivity index (χ4v) is 1.94. The predicted octanol–water partition coefficient (Wildman–Crippen LogP) is 2.07. The van der Waals surface area contributed by atoms with E-state index in [2.05, 4.69) is 4.98 Å². The minimum atomic E-state index is -0.455. The van der Waals surface area contributed by atoms with Crippen LogP contribution in [0.5, 0.6) is 11.5 Å². The Balaban J connectivity index is 2.21. The van der Waals surface area contributed by atoms with Crippen LogP contribution < -0.4 is 0 Å². The van der Waals surface area contributed by atoms with Crippen LogP contribution in [0.1, 0.15) is 21.7 Å². The largest absolute Gasteiger partial charge is 0.507 e. The maximum absolute atomic E-state index is 12.3. The zero-order valence-electron chi connectivity index (χ0n) is 11.4. The topological polar surface area (TPSA) is 73.7 Å². The van der Waals surface area contributed by atoms with Crippen LogP contribution in [0.15, 0.2) is 36.4 Å². The summed E-state index contributed by atoms with van der Waals surface area (Å²) in [6.07, 6.45) is 0. The number of nitrogens with zero attached hydrogens (tertiary/aromatic N) is 2. The van der Waals surface area contributed by atoms with E-state index in [9.17, 15) is 15.0 Å². The van der Waals surface area contributed by atoms with Gasteiger partial charge in [0, 0.05) is 12.7 Å². The van der Waals surface area contributed by atoms with Gasteiger partial charge in [0.2, 0.25) is 0 Å². The summed E-state index contributed by atoms with van der Waals surface area (Å²) in [5, 5.41) is 19.4. The van der Waals surface area contributed by atoms with E-state index in [1.165, 1.54) is 23.1 Å². The first-order chi connectivity index (χ1) is 9.49. The molecule has 2 aromatic rings. The van der Waals surface area contributed by atoms with Crippen LogP contribution in [0, 0.1) is 6.92 Å². The van der Waals surface area contributed by atoms with Crippen molar-refractivity contribution in [1.29, 1.82) is 0 Å². The van der Waals surface area contributed by atoms with Crippen LogP contribution in [0.3, 0.4) is 0 Å². The number of hydrogen-bond donors (Lipinski definition) is 2. The highest BCUT2D eigenvalue weighted by Crippen LogP contribution is 2.27. The molecule has 0 saturated heterocycles. The van der Waals surface area contributed by atoms with Gasteiger partial charge in [0.25, 0.3) is 5.91 Å². The lowest BCUT2D eigenvalue weighted by molar-refractivity contribution is 0.0777. The first kappa shape index (κ1) is 13.9. The number of carbonyl (C=O) groups excluding carboxylic acids is 1. The van der Waals surface area contributed by atoms with Crippen LogP contribution in [0.4, 0.5) is 0 Å². The molecule has 20 heavy (non-hydrogen) atoms. The van der Waals surface area contributed by atoms with Gasteiger partial charge < -0.3 is 15.1 Å². The van der Waals surface area contributed by atoms with Crippen molar-refractivity contribution < 1.29 is 15.0 Å². The molecule has 1 aromatic heterocycles. The van der Waals surface area contributed by atoms with Gasteiger partial charge in [-0.15, -0.1) is 0 Å². The Bertz CT molecular complexity index is 621. The summed E-state index contributed by atoms with van der Waals surface area (Å²) in [5.74, 6) is -0.929. The molecule has 0 atom stereocenters. The SMILES string of the molecule is Cc1cccc(CN(C)C(=O)c2c(O)cccc2O)n1. The summed E-state index contributed by atoms with van der Waals surface area (Å²) < 4.78 is 0. The maximum atomic E-state index is 12.3. The number of carbonyl (C=O) groups is 1. The molecule has 104 valence electrons. The normalized spacial score (nSPS) is 10.3. The number of amides is 1. The smallest absolute Gasteiger partial charge is 0.261 e. The van der Waals surface area contributed by atoms with Gasteiger partial charge in [-0.2, -0.15) is 0 Å². The molecule has 0 saturated carbocycles. The van der Waals surface area contributed by atoms with E-state index >= 15 is 0 Å². The average Bonchev–Trinajstić information content (AvgIpc) is 2.38. The number of phenols is 2. The minimum absolute atomic E-state index is 0.0948. The van der Waals surface area contributed by atoms with Crippen molar-refractivity contribution >= 4 is 5.91 Å². The van der Waals surface area contributed by atoms with E-state index in [4.69, 9.17) is 0 Å². The number of benzene rings is 1. The van der Waals surface area contributed by atoms with Crippen molar-refractivity contribution in [2.45, 2.75) is 13.5 Å². The molecule has 0 spiro atoms. The Morgan fingerprint density at radius 1 is 1.15 bits per heavy atom. The highest BCUT2D eigenvalue weighted by atomic mass is 16.3. The summed E-state index contributed by atoms with van der Waals surface area (Å²) in [7, 11) is 1.60. The quantitative estimate of drug-likeness (QED) is 0.897. The third-order valence-electron chi connectivity index (χ3n) is 2.93. The zero-order valence-corrected chi connectivity index (χ0v) is 11.4. The van der Waals surface area contributed by atoms with Crippen molar-refractivity contribution in [3.63, 3.8) is 0 Å². The van der Waals surface area contributed by atoms with Gasteiger partial charge in [-0.25, -0.2) is 0 Å². The van der Waals surface area contributed by atoms with E-state index in [-0.39, 0.29) is 17.1 Å². The molecule has 0 unspecified atom stereocenters. The lowest BCUT2D eigenvalue weighted by Gasteiger charge is -2.18. The van der Waals surface area contributed by atoms with Gasteiger partial charge in [-0.05, 0) is 31.2 Å². The molecule has 5 heteroatoms. The molecule has 0 aliphatic carbocycles. The summed E-state index contributed by atoms with van der Waals surface area (Å²) in [5.41, 5.74) is 1.52. The fourth-order valence-electron chi connectivity index (χ4n) is 1.94. The molecular weight excluding hydrogens is 256 g/mol. The van der Waals surface area contributed by atoms with E-state index in [1.807, 2.05) is 25.1 Å². The monoisotopic (exact) mass is 272 g/mol. The molecule has 5 nitrogen and oxygen atoms in total. The van der Waals surface area contributed by atoms with Crippen LogP contribution in [0.25, 0.3) is 0 Å². The summed E-state index contributed by atoms with van der Waals surface area (Å²) in [6, 6.07) is 9.77. The molecule has 0 fully saturated rings. The minimum Gasteiger partial charge on any atom is -0.507 e. The number of aryl methyl sites for hydroxylation is 1. The lowest BCUT2D eigenvalue weighted by atomic mass is 10.1. The van der Waals surface area contributed by atoms with Crippen LogP contribution in [0.2, 0.25) is 0 Å². The molecule has 0 aliphatic heterocycles. The van der Waals surface area contributed by atoms with Gasteiger partial charge >= 0.3 is 0 Å². The van der Waals surface area contributed by atoms with Crippen molar-refractivity contribution in [2.75, 3.05) is 7.05 Å². The number of pyridine rings is 1. The number of aromatic hydroxyl groups is 2. The van der Waals surface area contributed by atoms with Crippen molar-refractivity contribution in [3.05, 3.63) is 53.3 Å². The Morgan fingerprint density at radius 2 is 1.75 bits per heavy atom. The molecule has 0 aliphatic rings. The molecule has 0 radical (unpaired) electrons. The Hall–Kier alpha value is -2.56. The third kappa shape index (κ3) is 2.88. The molecule has 0 bridgehead atoms. The molecule has 2 N–H and O–H groups in total. The van der Waals surface area contributed by atoms with Crippen LogP contribution in [-0.4, -0.2) is 33.1 Å². The maximum Gasteiger partial charge on any atom is 0.261 e. The summed E-state index contributed by atoms with van der Waals surface area (Å²) in [6.45, 7) is 2.18. The highest BCUT2D eigenvalue weighted by Gasteiger charge is 2.20. The Kier molecular flexibility index (Phi) is 3.89. The predicted molar refractivity (Wildman–Crippen MR) is 74.5 cm³/mol. The molecule has 2 rings (SSSR count). The molecule has 1 amide bonds. The fraction of sp³-hybridized carbons (Fsp3) is 0.200. The number of aromatic nitrogens is 1. The van der Waals surface area contributed by atoms with Gasteiger partial charge in [-0.3, -0.25) is 9.78 Å². The molecule has 1 heterocycles. The second-order valence-electron chi connectivity index (χ2n) is 4.60. The standard InChI is InChI=1S/C15H16N2O3/c1-10-5-3-6-11(16-10)9-17(2)15(20)14-12(18)7-4-8-13(14)19/h3-8,18-19H,9H2,1-2H3. The number of rotatable bonds is 3. The van der Waals surface area contributed by atoms with Crippen molar-refractivity contribution in [1.82, 2.24) is 9.88 Å². The van der Waals surface area contributed by atoms with Gasteiger partial charge in [0.05, 0.1) is 12.2 Å². The average molecular weight is 272 g/mol. The Morgan fingerprint density at radius 3 is 2.35 bits per heavy atom. The number of hydrogen-bond acceptors (Lipinski definition) is 4. The highest BCUT2D eigenvalue weighted by molar-refractivity contribution is 5.99. The first-order valence-corrected chi connectivity index (χ1v) is 6.18. The van der Waals surface area contributed by atoms with Gasteiger partial charge in [-0.1, -0.05) is 12.1 Å². The Labute approximate surface area is 117 Å². The molecule has 1 aromatic carbocycles. The second-order valence-corrected chi connectivity index (χ2v) is 4.60. The van der Waals surface area contributed by atoms with Crippen molar-refractivity contribution in [2.24, 2.45) is 0 Å². The zero-order chi connectivity index (χ0) is 14.7. The van der Waals surface area contributed by atoms with E-state index in [0.717, 1.165) is 11.4 Å². The third-order valence-corrected chi connectivity index (χ3v) is 2.93. The van der Waals surface area contributed by atoms with Crippen LogP contribution >= 0.6 is 0 Å². The van der Waals surface area contributed by atoms with Gasteiger partial charge in [0.1, 0.15) is 17.1 Å². The lowest BCUT2D eigenvalue weighted by Crippen LogP contribution is -2.26. The van der Waals surface area contributed by atoms with Gasteiger partial charge in [0.15, 0.2) is 0 Å². The summed E-state index contributed by atoms with van der Waals surface area (Å²) in [4.78, 5) is 18.0. The van der Waals surface area contributed by atoms with E-state index in [1.54, 1.807) is 7.05 Å². The molecular formula is C15H16N2O3. The second kappa shape index (κ2) is 5.61. The van der Waals surface area contributed by atoms with E-state index in [0.29, 0.717) is 6.54 Å². The van der Waals surface area contributed by atoms with Crippen LogP contribution in [-0.2, 0) is 6.54 Å². The first-order valence-electron chi connectivity index (χ1n) is 6.18. The van der Waals surface area contributed by atoms with E-state index < -0.39 is 5.91 Å². The van der Waals surface area contributed by atoms with Crippen molar-refractivity contribution in [3.8, 4) is 11.5 Å².